The summed E-state index contributed by atoms with van der Waals surface area (Å²) in [5.41, 5.74) is 2.10. The van der Waals surface area contributed by atoms with Gasteiger partial charge in [-0.05, 0) is 48.1 Å². The van der Waals surface area contributed by atoms with E-state index < -0.39 is 11.6 Å². The highest BCUT2D eigenvalue weighted by atomic mass is 19.1. The first-order chi connectivity index (χ1) is 13.2. The fourth-order valence-corrected chi connectivity index (χ4v) is 3.59. The van der Waals surface area contributed by atoms with E-state index >= 15 is 0 Å². The first kappa shape index (κ1) is 17.6. The van der Waals surface area contributed by atoms with Crippen LogP contribution in [0.25, 0.3) is 23.6 Å². The zero-order valence-electron chi connectivity index (χ0n) is 14.9. The van der Waals surface area contributed by atoms with Crippen LogP contribution in [0.5, 0.6) is 0 Å². The van der Waals surface area contributed by atoms with Gasteiger partial charge in [0, 0.05) is 0 Å². The molecule has 2 aromatic carbocycles. The molecule has 1 fully saturated rings. The molecule has 1 aromatic heterocycles. The summed E-state index contributed by atoms with van der Waals surface area (Å²) in [5.74, 6) is -0.686. The molecule has 4 rings (SSSR count). The molecule has 0 amide bonds. The fraction of sp³-hybridized carbons (Fsp3) is 0.273. The summed E-state index contributed by atoms with van der Waals surface area (Å²) in [6.07, 6.45) is 10.0. The number of nitrogens with zero attached hydrogens (tertiary/aromatic N) is 2. The van der Waals surface area contributed by atoms with Crippen molar-refractivity contribution in [2.75, 3.05) is 0 Å². The van der Waals surface area contributed by atoms with Crippen molar-refractivity contribution < 1.29 is 13.3 Å². The Morgan fingerprint density at radius 1 is 0.889 bits per heavy atom. The third-order valence-electron chi connectivity index (χ3n) is 5.06. The van der Waals surface area contributed by atoms with Crippen molar-refractivity contribution >= 4 is 12.2 Å². The van der Waals surface area contributed by atoms with E-state index in [9.17, 15) is 8.78 Å². The maximum Gasteiger partial charge on any atom is 0.264 e. The number of halogens is 2. The minimum atomic E-state index is -0.729. The second-order valence-electron chi connectivity index (χ2n) is 6.89. The van der Waals surface area contributed by atoms with E-state index in [-0.39, 0.29) is 17.3 Å². The molecule has 1 saturated carbocycles. The van der Waals surface area contributed by atoms with Gasteiger partial charge in [-0.3, -0.25) is 0 Å². The van der Waals surface area contributed by atoms with Crippen LogP contribution < -0.4 is 0 Å². The van der Waals surface area contributed by atoms with E-state index in [1.54, 1.807) is 6.08 Å². The van der Waals surface area contributed by atoms with Gasteiger partial charge >= 0.3 is 0 Å². The molecule has 0 saturated heterocycles. The summed E-state index contributed by atoms with van der Waals surface area (Å²) in [4.78, 5) is 4.06. The molecule has 138 valence electrons. The van der Waals surface area contributed by atoms with Crippen LogP contribution in [-0.4, -0.2) is 10.1 Å². The van der Waals surface area contributed by atoms with E-state index in [1.807, 2.05) is 6.08 Å². The molecular formula is C22H20F2N2O. The molecule has 27 heavy (non-hydrogen) atoms. The van der Waals surface area contributed by atoms with Crippen molar-refractivity contribution in [2.45, 2.75) is 38.0 Å². The van der Waals surface area contributed by atoms with Gasteiger partial charge in [-0.1, -0.05) is 60.8 Å². The molecule has 1 aliphatic carbocycles. The van der Waals surface area contributed by atoms with Gasteiger partial charge in [0.1, 0.15) is 17.2 Å². The number of hydrogen-bond acceptors (Lipinski definition) is 3. The van der Waals surface area contributed by atoms with Crippen molar-refractivity contribution in [1.82, 2.24) is 10.1 Å². The van der Waals surface area contributed by atoms with Gasteiger partial charge in [-0.15, -0.1) is 0 Å². The molecule has 0 unspecified atom stereocenters. The second-order valence-corrected chi connectivity index (χ2v) is 6.89. The Morgan fingerprint density at radius 3 is 2.30 bits per heavy atom. The quantitative estimate of drug-likeness (QED) is 0.549. The van der Waals surface area contributed by atoms with Crippen LogP contribution in [0.4, 0.5) is 8.78 Å². The third kappa shape index (κ3) is 3.97. The average molecular weight is 366 g/mol. The van der Waals surface area contributed by atoms with Crippen LogP contribution >= 0.6 is 0 Å². The highest BCUT2D eigenvalue weighted by Crippen LogP contribution is 2.32. The molecule has 0 bridgehead atoms. The van der Waals surface area contributed by atoms with Crippen molar-refractivity contribution in [2.24, 2.45) is 0 Å². The Bertz CT molecular complexity index is 921. The Morgan fingerprint density at radius 2 is 1.59 bits per heavy atom. The minimum Gasteiger partial charge on any atom is -0.333 e. The second kappa shape index (κ2) is 7.82. The average Bonchev–Trinajstić information content (AvgIpc) is 3.16. The molecule has 1 aliphatic rings. The van der Waals surface area contributed by atoms with Crippen LogP contribution in [0.3, 0.4) is 0 Å². The van der Waals surface area contributed by atoms with E-state index in [2.05, 4.69) is 34.4 Å². The van der Waals surface area contributed by atoms with Crippen molar-refractivity contribution in [3.05, 3.63) is 71.1 Å². The molecule has 0 aliphatic heterocycles. The molecule has 3 aromatic rings. The summed E-state index contributed by atoms with van der Waals surface area (Å²) in [5, 5.41) is 3.77. The van der Waals surface area contributed by atoms with Crippen molar-refractivity contribution in [1.29, 1.82) is 0 Å². The van der Waals surface area contributed by atoms with Gasteiger partial charge in [0.25, 0.3) is 5.89 Å². The predicted octanol–water partition coefficient (Wildman–Crippen LogP) is 6.23. The van der Waals surface area contributed by atoms with Crippen LogP contribution in [-0.2, 0) is 0 Å². The molecule has 1 heterocycles. The Hall–Kier alpha value is -2.82. The highest BCUT2D eigenvalue weighted by Gasteiger charge is 2.17. The van der Waals surface area contributed by atoms with E-state index in [0.29, 0.717) is 5.92 Å². The predicted molar refractivity (Wildman–Crippen MR) is 101 cm³/mol. The number of benzene rings is 2. The summed E-state index contributed by atoms with van der Waals surface area (Å²) >= 11 is 0. The topological polar surface area (TPSA) is 38.9 Å². The lowest BCUT2D eigenvalue weighted by molar-refractivity contribution is 0.423. The summed E-state index contributed by atoms with van der Waals surface area (Å²) < 4.78 is 32.6. The number of hydrogen-bond donors (Lipinski definition) is 0. The van der Waals surface area contributed by atoms with Gasteiger partial charge in [-0.2, -0.15) is 4.98 Å². The maximum absolute atomic E-state index is 13.8. The standard InChI is InChI=1S/C22H20F2N2O/c23-18-7-4-8-19(24)21(18)22-25-20(26-27-22)14-11-15-9-12-17(13-10-15)16-5-2-1-3-6-16/h4,7-14,16H,1-3,5-6H2/b14-11+. The van der Waals surface area contributed by atoms with Gasteiger partial charge in [-0.25, -0.2) is 8.78 Å². The minimum absolute atomic E-state index is 0.169. The van der Waals surface area contributed by atoms with E-state index in [0.717, 1.165) is 17.7 Å². The lowest BCUT2D eigenvalue weighted by atomic mass is 9.84. The third-order valence-corrected chi connectivity index (χ3v) is 5.06. The van der Waals surface area contributed by atoms with Crippen molar-refractivity contribution in [3.63, 3.8) is 0 Å². The first-order valence-electron chi connectivity index (χ1n) is 9.27. The van der Waals surface area contributed by atoms with Gasteiger partial charge in [0.05, 0.1) is 0 Å². The molecule has 0 atom stereocenters. The zero-order valence-corrected chi connectivity index (χ0v) is 14.9. The fourth-order valence-electron chi connectivity index (χ4n) is 3.59. The van der Waals surface area contributed by atoms with Gasteiger partial charge in [0.15, 0.2) is 5.82 Å². The first-order valence-corrected chi connectivity index (χ1v) is 9.27. The van der Waals surface area contributed by atoms with Crippen LogP contribution in [0, 0.1) is 11.6 Å². The normalized spacial score (nSPS) is 15.5. The summed E-state index contributed by atoms with van der Waals surface area (Å²) in [7, 11) is 0. The number of rotatable bonds is 4. The van der Waals surface area contributed by atoms with Gasteiger partial charge < -0.3 is 4.52 Å². The molecule has 0 spiro atoms. The lowest BCUT2D eigenvalue weighted by Gasteiger charge is -2.21. The van der Waals surface area contributed by atoms with Crippen LogP contribution in [0.1, 0.15) is 55.0 Å². The Balaban J connectivity index is 1.48. The largest absolute Gasteiger partial charge is 0.333 e. The monoisotopic (exact) mass is 366 g/mol. The van der Waals surface area contributed by atoms with E-state index in [4.69, 9.17) is 4.52 Å². The van der Waals surface area contributed by atoms with E-state index in [1.165, 1.54) is 43.7 Å². The smallest absolute Gasteiger partial charge is 0.264 e. The van der Waals surface area contributed by atoms with Gasteiger partial charge in [0.2, 0.25) is 0 Å². The lowest BCUT2D eigenvalue weighted by Crippen LogP contribution is -2.04. The highest BCUT2D eigenvalue weighted by molar-refractivity contribution is 5.67. The zero-order chi connectivity index (χ0) is 18.6. The SMILES string of the molecule is Fc1cccc(F)c1-c1nc(/C=C/c2ccc(C3CCCCC3)cc2)no1. The molecule has 0 radical (unpaired) electrons. The molecular weight excluding hydrogens is 346 g/mol. The molecule has 0 N–H and O–H groups in total. The molecule has 3 nitrogen and oxygen atoms in total. The van der Waals surface area contributed by atoms with Crippen LogP contribution in [0.2, 0.25) is 0 Å². The van der Waals surface area contributed by atoms with Crippen molar-refractivity contribution in [3.8, 4) is 11.5 Å². The molecule has 5 heteroatoms. The Kier molecular flexibility index (Phi) is 5.10. The summed E-state index contributed by atoms with van der Waals surface area (Å²) in [6, 6.07) is 12.1. The maximum atomic E-state index is 13.8. The Labute approximate surface area is 156 Å². The summed E-state index contributed by atoms with van der Waals surface area (Å²) in [6.45, 7) is 0. The van der Waals surface area contributed by atoms with Crippen LogP contribution in [0.15, 0.2) is 47.0 Å². The number of aromatic nitrogens is 2.